The van der Waals surface area contributed by atoms with Crippen LogP contribution in [-0.4, -0.2) is 48.8 Å². The summed E-state index contributed by atoms with van der Waals surface area (Å²) in [4.78, 5) is 34.4. The van der Waals surface area contributed by atoms with Crippen molar-refractivity contribution in [3.8, 4) is 0 Å². The fraction of sp³-hybridized carbons (Fsp3) is 0.333. The molecule has 0 saturated heterocycles. The molecule has 0 saturated carbocycles. The average molecular weight is 269 g/mol. The van der Waals surface area contributed by atoms with E-state index >= 15 is 0 Å². The molecule has 0 radical (unpaired) electrons. The minimum Gasteiger partial charge on any atom is -0.820 e. The average Bonchev–Trinajstić information content (AvgIpc) is 2.26. The van der Waals surface area contributed by atoms with Gasteiger partial charge >= 0.3 is 5.97 Å². The van der Waals surface area contributed by atoms with Crippen molar-refractivity contribution in [2.24, 2.45) is 0 Å². The van der Waals surface area contributed by atoms with E-state index in [1.807, 2.05) is 21.1 Å². The van der Waals surface area contributed by atoms with E-state index in [9.17, 15) is 14.5 Å². The quantitative estimate of drug-likeness (QED) is 0.603. The van der Waals surface area contributed by atoms with E-state index in [1.165, 1.54) is 24.3 Å². The predicted molar refractivity (Wildman–Crippen MR) is 67.9 cm³/mol. The lowest BCUT2D eigenvalue weighted by atomic mass is 10.2. The second kappa shape index (κ2) is 5.57. The van der Waals surface area contributed by atoms with E-state index in [2.05, 4.69) is 0 Å². The molecule has 6 heteroatoms. The number of carboxylic acid groups (broad SMARTS) is 1. The summed E-state index contributed by atoms with van der Waals surface area (Å²) in [5.74, 6) is -1.05. The first-order chi connectivity index (χ1) is 8.20. The molecule has 5 nitrogen and oxygen atoms in total. The molecule has 0 bridgehead atoms. The maximum Gasteiger partial charge on any atom is 0.335 e. The monoisotopic (exact) mass is 269 g/mol. The Morgan fingerprint density at radius 2 is 1.72 bits per heavy atom. The molecule has 1 rings (SSSR count). The molecular formula is C12H16NO4P. The fourth-order valence-electron chi connectivity index (χ4n) is 1.35. The summed E-state index contributed by atoms with van der Waals surface area (Å²) < 4.78 is 0.410. The molecule has 0 aromatic heterocycles. The van der Waals surface area contributed by atoms with Gasteiger partial charge in [-0.2, -0.15) is 0 Å². The summed E-state index contributed by atoms with van der Waals surface area (Å²) in [5.41, 5.74) is -0.221. The van der Waals surface area contributed by atoms with Crippen LogP contribution in [0.25, 0.3) is 0 Å². The Kier molecular flexibility index (Phi) is 4.57. The third kappa shape index (κ3) is 4.18. The number of carboxylic acids is 1. The van der Waals surface area contributed by atoms with Gasteiger partial charge in [0.15, 0.2) is 5.52 Å². The number of nitrogens with zero attached hydrogens (tertiary/aromatic N) is 1. The van der Waals surface area contributed by atoms with Gasteiger partial charge in [0.25, 0.3) is 0 Å². The van der Waals surface area contributed by atoms with Gasteiger partial charge in [0.05, 0.1) is 26.7 Å². The highest BCUT2D eigenvalue weighted by atomic mass is 31.1. The molecule has 0 heterocycles. The molecule has 0 spiro atoms. The van der Waals surface area contributed by atoms with Crippen LogP contribution in [0.5, 0.6) is 0 Å². The number of aromatic carboxylic acids is 1. The Labute approximate surface area is 107 Å². The topological polar surface area (TPSA) is 77.4 Å². The summed E-state index contributed by atoms with van der Waals surface area (Å²) in [5, 5.41) is 9.10. The maximum absolute atomic E-state index is 11.9. The molecule has 18 heavy (non-hydrogen) atoms. The first kappa shape index (κ1) is 14.8. The van der Waals surface area contributed by atoms with Crippen molar-refractivity contribution in [3.05, 3.63) is 29.8 Å². The summed E-state index contributed by atoms with van der Waals surface area (Å²) in [6, 6.07) is 5.56. The number of quaternary nitrogens is 1. The van der Waals surface area contributed by atoms with Crippen molar-refractivity contribution in [2.75, 3.05) is 27.7 Å². The SMILES string of the molecule is C[N+](C)(C)CC(=O)P([O-])c1ccc(C(=O)O)cc1. The van der Waals surface area contributed by atoms with Gasteiger partial charge in [0, 0.05) is 0 Å². The molecule has 0 amide bonds. The Balaban J connectivity index is 2.81. The highest BCUT2D eigenvalue weighted by molar-refractivity contribution is 7.75. The lowest BCUT2D eigenvalue weighted by molar-refractivity contribution is -0.861. The number of likely N-dealkylation sites (N-methyl/N-ethyl adjacent to an activating group) is 1. The molecule has 1 atom stereocenters. The Morgan fingerprint density at radius 3 is 2.11 bits per heavy atom. The smallest absolute Gasteiger partial charge is 0.335 e. The third-order valence-electron chi connectivity index (χ3n) is 2.18. The first-order valence-corrected chi connectivity index (χ1v) is 6.60. The number of carbonyl (C=O) groups is 2. The molecule has 0 aliphatic heterocycles. The van der Waals surface area contributed by atoms with Crippen LogP contribution in [0.4, 0.5) is 0 Å². The molecule has 1 aromatic carbocycles. The van der Waals surface area contributed by atoms with E-state index < -0.39 is 14.1 Å². The molecule has 1 N–H and O–H groups in total. The van der Waals surface area contributed by atoms with Gasteiger partial charge in [-0.15, -0.1) is 0 Å². The highest BCUT2D eigenvalue weighted by Crippen LogP contribution is 2.25. The van der Waals surface area contributed by atoms with E-state index in [4.69, 9.17) is 5.11 Å². The maximum atomic E-state index is 11.9. The molecule has 0 fully saturated rings. The van der Waals surface area contributed by atoms with Crippen LogP contribution in [0.2, 0.25) is 0 Å². The Bertz CT molecular complexity index is 450. The largest absolute Gasteiger partial charge is 0.820 e. The van der Waals surface area contributed by atoms with Gasteiger partial charge in [-0.25, -0.2) is 4.79 Å². The van der Waals surface area contributed by atoms with Gasteiger partial charge in [-0.1, -0.05) is 20.3 Å². The lowest BCUT2D eigenvalue weighted by Crippen LogP contribution is -2.40. The van der Waals surface area contributed by atoms with Crippen molar-refractivity contribution < 1.29 is 24.1 Å². The van der Waals surface area contributed by atoms with Crippen LogP contribution >= 0.6 is 8.15 Å². The minimum absolute atomic E-state index is 0.112. The molecule has 1 aromatic rings. The first-order valence-electron chi connectivity index (χ1n) is 5.34. The zero-order valence-electron chi connectivity index (χ0n) is 10.6. The summed E-state index contributed by atoms with van der Waals surface area (Å²) >= 11 is 0. The number of benzene rings is 1. The van der Waals surface area contributed by atoms with Crippen LogP contribution in [0, 0.1) is 0 Å². The molecule has 1 unspecified atom stereocenters. The number of hydrogen-bond acceptors (Lipinski definition) is 3. The van der Waals surface area contributed by atoms with Crippen LogP contribution in [0.15, 0.2) is 24.3 Å². The fourth-order valence-corrected chi connectivity index (χ4v) is 2.61. The molecule has 98 valence electrons. The predicted octanol–water partition coefficient (Wildman–Crippen LogP) is 0.000100. The second-order valence-electron chi connectivity index (χ2n) is 4.99. The van der Waals surface area contributed by atoms with Gasteiger partial charge in [-0.3, -0.25) is 4.79 Å². The van der Waals surface area contributed by atoms with Gasteiger partial charge < -0.3 is 14.5 Å². The number of carbonyl (C=O) groups excluding carboxylic acids is 1. The number of hydrogen-bond donors (Lipinski definition) is 1. The van der Waals surface area contributed by atoms with Gasteiger partial charge in [0.1, 0.15) is 6.54 Å². The van der Waals surface area contributed by atoms with Crippen molar-refractivity contribution in [1.82, 2.24) is 0 Å². The van der Waals surface area contributed by atoms with Gasteiger partial charge in [0.2, 0.25) is 0 Å². The lowest BCUT2D eigenvalue weighted by Gasteiger charge is -2.28. The normalized spacial score (nSPS) is 13.1. The summed E-state index contributed by atoms with van der Waals surface area (Å²) in [6.45, 7) is 0.176. The summed E-state index contributed by atoms with van der Waals surface area (Å²) in [7, 11) is 3.40. The minimum atomic E-state index is -2.13. The van der Waals surface area contributed by atoms with Crippen molar-refractivity contribution in [1.29, 1.82) is 0 Å². The van der Waals surface area contributed by atoms with Crippen molar-refractivity contribution in [2.45, 2.75) is 0 Å². The Morgan fingerprint density at radius 1 is 1.22 bits per heavy atom. The summed E-state index contributed by atoms with van der Waals surface area (Å²) in [6.07, 6.45) is 0. The van der Waals surface area contributed by atoms with Crippen LogP contribution in [0.3, 0.4) is 0 Å². The van der Waals surface area contributed by atoms with Crippen LogP contribution < -0.4 is 10.2 Å². The molecular weight excluding hydrogens is 253 g/mol. The Hall–Kier alpha value is -1.29. The molecule has 0 aliphatic rings. The third-order valence-corrected chi connectivity index (χ3v) is 3.55. The van der Waals surface area contributed by atoms with E-state index in [0.717, 1.165) is 0 Å². The van der Waals surface area contributed by atoms with Crippen molar-refractivity contribution in [3.63, 3.8) is 0 Å². The van der Waals surface area contributed by atoms with Crippen molar-refractivity contribution >= 4 is 24.9 Å². The van der Waals surface area contributed by atoms with E-state index in [0.29, 0.717) is 9.79 Å². The van der Waals surface area contributed by atoms with Crippen LogP contribution in [0.1, 0.15) is 10.4 Å². The van der Waals surface area contributed by atoms with E-state index in [1.54, 1.807) is 0 Å². The van der Waals surface area contributed by atoms with Crippen LogP contribution in [-0.2, 0) is 4.79 Å². The highest BCUT2D eigenvalue weighted by Gasteiger charge is 2.17. The molecule has 0 aliphatic carbocycles. The van der Waals surface area contributed by atoms with Gasteiger partial charge in [-0.05, 0) is 17.4 Å². The zero-order chi connectivity index (χ0) is 13.9. The van der Waals surface area contributed by atoms with E-state index in [-0.39, 0.29) is 17.6 Å². The zero-order valence-corrected chi connectivity index (χ0v) is 11.5. The second-order valence-corrected chi connectivity index (χ2v) is 6.59. The number of rotatable bonds is 5. The standard InChI is InChI=1S/C12H16NO4P/c1-13(2,3)8-11(14)18(17)10-6-4-9(5-7-10)12(15)16/h4-7H,8H2,1-3H3,(H,15,16).